The van der Waals surface area contributed by atoms with Crippen LogP contribution in [0.2, 0.25) is 0 Å². The Bertz CT molecular complexity index is 1400. The predicted molar refractivity (Wildman–Crippen MR) is 126 cm³/mol. The summed E-state index contributed by atoms with van der Waals surface area (Å²) in [7, 11) is 1.62. The molecule has 1 N–H and O–H groups in total. The number of carbonyl (C=O) groups is 1. The van der Waals surface area contributed by atoms with E-state index in [0.717, 1.165) is 32.3 Å². The van der Waals surface area contributed by atoms with Crippen LogP contribution in [0.1, 0.15) is 5.69 Å². The van der Waals surface area contributed by atoms with Gasteiger partial charge in [-0.05, 0) is 48.5 Å². The van der Waals surface area contributed by atoms with Crippen molar-refractivity contribution in [2.45, 2.75) is 13.1 Å². The smallest absolute Gasteiger partial charge is 0.267 e. The number of hydrogen-bond donors (Lipinski definition) is 1. The van der Waals surface area contributed by atoms with E-state index in [4.69, 9.17) is 14.2 Å². The number of hydrogen-bond acceptors (Lipinski definition) is 8. The lowest BCUT2D eigenvalue weighted by molar-refractivity contribution is -0.122. The van der Waals surface area contributed by atoms with Gasteiger partial charge in [0.25, 0.3) is 5.56 Å². The first-order valence-electron chi connectivity index (χ1n) is 10.4. The van der Waals surface area contributed by atoms with Gasteiger partial charge in [-0.15, -0.1) is 11.3 Å². The van der Waals surface area contributed by atoms with Crippen LogP contribution in [0.4, 0.5) is 0 Å². The van der Waals surface area contributed by atoms with Gasteiger partial charge in [0, 0.05) is 22.6 Å². The van der Waals surface area contributed by atoms with Crippen molar-refractivity contribution in [3.8, 4) is 39.1 Å². The monoisotopic (exact) mass is 476 g/mol. The second-order valence-electron chi connectivity index (χ2n) is 7.43. The van der Waals surface area contributed by atoms with Gasteiger partial charge < -0.3 is 19.5 Å². The van der Waals surface area contributed by atoms with Crippen molar-refractivity contribution >= 4 is 17.2 Å². The first-order valence-corrected chi connectivity index (χ1v) is 11.3. The number of carbonyl (C=O) groups excluding carboxylic acids is 1. The van der Waals surface area contributed by atoms with Crippen molar-refractivity contribution in [2.24, 2.45) is 0 Å². The summed E-state index contributed by atoms with van der Waals surface area (Å²) in [5, 5.41) is 9.89. The van der Waals surface area contributed by atoms with Crippen molar-refractivity contribution < 1.29 is 19.0 Å². The molecule has 0 bridgehead atoms. The molecule has 0 aliphatic carbocycles. The van der Waals surface area contributed by atoms with Gasteiger partial charge in [-0.1, -0.05) is 0 Å². The van der Waals surface area contributed by atoms with Crippen molar-refractivity contribution in [2.75, 3.05) is 13.9 Å². The Labute approximate surface area is 198 Å². The Morgan fingerprint density at radius 2 is 1.88 bits per heavy atom. The van der Waals surface area contributed by atoms with Gasteiger partial charge in [0.2, 0.25) is 12.7 Å². The summed E-state index contributed by atoms with van der Waals surface area (Å²) in [4.78, 5) is 29.3. The van der Waals surface area contributed by atoms with Crippen LogP contribution in [0.15, 0.2) is 64.8 Å². The van der Waals surface area contributed by atoms with E-state index in [1.807, 2.05) is 35.7 Å². The van der Waals surface area contributed by atoms with Crippen LogP contribution >= 0.6 is 11.3 Å². The van der Waals surface area contributed by atoms with E-state index in [9.17, 15) is 9.59 Å². The molecule has 5 rings (SSSR count). The van der Waals surface area contributed by atoms with Gasteiger partial charge in [-0.25, -0.2) is 9.67 Å². The molecule has 1 amide bonds. The van der Waals surface area contributed by atoms with E-state index in [-0.39, 0.29) is 31.3 Å². The first-order chi connectivity index (χ1) is 16.6. The largest absolute Gasteiger partial charge is 0.497 e. The van der Waals surface area contributed by atoms with E-state index < -0.39 is 0 Å². The number of benzene rings is 2. The topological polar surface area (TPSA) is 105 Å². The molecule has 9 nitrogen and oxygen atoms in total. The fourth-order valence-corrected chi connectivity index (χ4v) is 4.23. The Kier molecular flexibility index (Phi) is 5.96. The number of rotatable bonds is 7. The van der Waals surface area contributed by atoms with Crippen LogP contribution in [0, 0.1) is 0 Å². The molecule has 34 heavy (non-hydrogen) atoms. The molecule has 1 aliphatic heterocycles. The lowest BCUT2D eigenvalue weighted by atomic mass is 10.1. The van der Waals surface area contributed by atoms with Crippen LogP contribution in [0.5, 0.6) is 17.2 Å². The maximum absolute atomic E-state index is 12.5. The molecule has 0 radical (unpaired) electrons. The first kappa shape index (κ1) is 21.7. The van der Waals surface area contributed by atoms with E-state index >= 15 is 0 Å². The maximum atomic E-state index is 12.5. The van der Waals surface area contributed by atoms with Crippen LogP contribution in [-0.4, -0.2) is 34.6 Å². The molecule has 3 heterocycles. The Balaban J connectivity index is 1.23. The molecule has 0 saturated carbocycles. The Morgan fingerprint density at radius 3 is 2.71 bits per heavy atom. The minimum atomic E-state index is -0.366. The molecule has 2 aromatic carbocycles. The van der Waals surface area contributed by atoms with Crippen LogP contribution < -0.4 is 25.1 Å². The molecule has 4 aromatic rings. The molecule has 0 fully saturated rings. The zero-order valence-corrected chi connectivity index (χ0v) is 19.0. The normalized spacial score (nSPS) is 11.9. The third-order valence-electron chi connectivity index (χ3n) is 5.18. The maximum Gasteiger partial charge on any atom is 0.267 e. The molecule has 0 saturated heterocycles. The average molecular weight is 477 g/mol. The van der Waals surface area contributed by atoms with Gasteiger partial charge in [0.15, 0.2) is 11.5 Å². The van der Waals surface area contributed by atoms with Gasteiger partial charge in [-0.2, -0.15) is 5.10 Å². The molecule has 1 aliphatic rings. The summed E-state index contributed by atoms with van der Waals surface area (Å²) < 4.78 is 17.0. The number of thiazole rings is 1. The molecule has 2 aromatic heterocycles. The van der Waals surface area contributed by atoms with E-state index in [2.05, 4.69) is 15.4 Å². The van der Waals surface area contributed by atoms with Crippen LogP contribution in [-0.2, 0) is 17.9 Å². The zero-order valence-electron chi connectivity index (χ0n) is 18.2. The Hall–Kier alpha value is -4.18. The number of aromatic nitrogens is 3. The number of fused-ring (bicyclic) bond motifs is 1. The molecule has 10 heteroatoms. The summed E-state index contributed by atoms with van der Waals surface area (Å²) >= 11 is 1.49. The molecule has 0 unspecified atom stereocenters. The molecular weight excluding hydrogens is 456 g/mol. The summed E-state index contributed by atoms with van der Waals surface area (Å²) in [5.74, 6) is 1.72. The van der Waals surface area contributed by atoms with E-state index in [1.165, 1.54) is 17.4 Å². The summed E-state index contributed by atoms with van der Waals surface area (Å²) in [6.07, 6.45) is 0. The minimum Gasteiger partial charge on any atom is -0.497 e. The summed E-state index contributed by atoms with van der Waals surface area (Å²) in [5.41, 5.74) is 2.65. The summed E-state index contributed by atoms with van der Waals surface area (Å²) in [6, 6.07) is 16.0. The van der Waals surface area contributed by atoms with Gasteiger partial charge >= 0.3 is 0 Å². The number of ether oxygens (including phenoxy) is 3. The standard InChI is InChI=1S/C24H20N4O5S/c1-31-18-5-2-15(3-6-18)24-26-17(13-34-24)11-25-22(29)12-28-23(30)9-7-19(27-28)16-4-8-20-21(10-16)33-14-32-20/h2-10,13H,11-12,14H2,1H3,(H,25,29). The highest BCUT2D eigenvalue weighted by molar-refractivity contribution is 7.13. The average Bonchev–Trinajstić information content (AvgIpc) is 3.53. The molecule has 0 spiro atoms. The third kappa shape index (κ3) is 4.62. The van der Waals surface area contributed by atoms with Gasteiger partial charge in [-0.3, -0.25) is 9.59 Å². The second kappa shape index (κ2) is 9.36. The highest BCUT2D eigenvalue weighted by atomic mass is 32.1. The third-order valence-corrected chi connectivity index (χ3v) is 6.12. The van der Waals surface area contributed by atoms with E-state index in [0.29, 0.717) is 17.2 Å². The highest BCUT2D eigenvalue weighted by Gasteiger charge is 2.15. The van der Waals surface area contributed by atoms with Crippen molar-refractivity contribution in [3.63, 3.8) is 0 Å². The minimum absolute atomic E-state index is 0.173. The van der Waals surface area contributed by atoms with E-state index in [1.54, 1.807) is 25.3 Å². The molecule has 0 atom stereocenters. The lowest BCUT2D eigenvalue weighted by Gasteiger charge is -2.08. The second-order valence-corrected chi connectivity index (χ2v) is 8.29. The highest BCUT2D eigenvalue weighted by Crippen LogP contribution is 2.35. The predicted octanol–water partition coefficient (Wildman–Crippen LogP) is 3.09. The molecule has 172 valence electrons. The lowest BCUT2D eigenvalue weighted by Crippen LogP contribution is -2.33. The fraction of sp³-hybridized carbons (Fsp3) is 0.167. The van der Waals surface area contributed by atoms with Crippen molar-refractivity contribution in [1.82, 2.24) is 20.1 Å². The molecular formula is C24H20N4O5S. The quantitative estimate of drug-likeness (QED) is 0.437. The van der Waals surface area contributed by atoms with Gasteiger partial charge in [0.1, 0.15) is 17.3 Å². The fourth-order valence-electron chi connectivity index (χ4n) is 3.41. The number of nitrogens with zero attached hydrogens (tertiary/aromatic N) is 3. The Morgan fingerprint density at radius 1 is 1.09 bits per heavy atom. The SMILES string of the molecule is COc1ccc(-c2nc(CNC(=O)Cn3nc(-c4ccc5c(c4)OCO5)ccc3=O)cs2)cc1. The number of methoxy groups -OCH3 is 1. The van der Waals surface area contributed by atoms with Crippen LogP contribution in [0.25, 0.3) is 21.8 Å². The number of nitrogens with one attached hydrogen (secondary N) is 1. The zero-order chi connectivity index (χ0) is 23.5. The van der Waals surface area contributed by atoms with Crippen molar-refractivity contribution in [3.05, 3.63) is 76.0 Å². The van der Waals surface area contributed by atoms with Crippen molar-refractivity contribution in [1.29, 1.82) is 0 Å². The summed E-state index contributed by atoms with van der Waals surface area (Å²) in [6.45, 7) is 0.223. The van der Waals surface area contributed by atoms with Crippen LogP contribution in [0.3, 0.4) is 0 Å². The van der Waals surface area contributed by atoms with Gasteiger partial charge in [0.05, 0.1) is 25.0 Å². The number of amides is 1.